The SMILES string of the molecule is N#Cc1c(N2CCCCC2)c2c(oc1=O)-c1ccccc1SC2. The molecule has 116 valence electrons. The summed E-state index contributed by atoms with van der Waals surface area (Å²) in [5.74, 6) is 1.38. The quantitative estimate of drug-likeness (QED) is 0.799. The average molecular weight is 324 g/mol. The largest absolute Gasteiger partial charge is 0.421 e. The summed E-state index contributed by atoms with van der Waals surface area (Å²) < 4.78 is 5.56. The van der Waals surface area contributed by atoms with Crippen LogP contribution >= 0.6 is 11.8 Å². The summed E-state index contributed by atoms with van der Waals surface area (Å²) in [5, 5.41) is 9.48. The molecule has 1 fully saturated rings. The van der Waals surface area contributed by atoms with E-state index in [1.54, 1.807) is 11.8 Å². The molecule has 0 amide bonds. The van der Waals surface area contributed by atoms with Crippen molar-refractivity contribution in [3.63, 3.8) is 0 Å². The monoisotopic (exact) mass is 324 g/mol. The molecule has 2 aliphatic rings. The first-order valence-electron chi connectivity index (χ1n) is 7.87. The summed E-state index contributed by atoms with van der Waals surface area (Å²) in [7, 11) is 0. The topological polar surface area (TPSA) is 57.2 Å². The van der Waals surface area contributed by atoms with Crippen molar-refractivity contribution in [1.82, 2.24) is 0 Å². The van der Waals surface area contributed by atoms with Crippen LogP contribution < -0.4 is 10.5 Å². The maximum absolute atomic E-state index is 12.4. The van der Waals surface area contributed by atoms with E-state index in [1.165, 1.54) is 6.42 Å². The molecule has 1 saturated heterocycles. The van der Waals surface area contributed by atoms with Gasteiger partial charge >= 0.3 is 5.63 Å². The van der Waals surface area contributed by atoms with E-state index in [4.69, 9.17) is 4.42 Å². The third-order valence-electron chi connectivity index (χ3n) is 4.48. The van der Waals surface area contributed by atoms with Gasteiger partial charge in [0.25, 0.3) is 0 Å². The fourth-order valence-electron chi connectivity index (χ4n) is 3.41. The van der Waals surface area contributed by atoms with Crippen molar-refractivity contribution < 1.29 is 4.42 Å². The Hall–Kier alpha value is -2.19. The van der Waals surface area contributed by atoms with Gasteiger partial charge in [0, 0.05) is 34.9 Å². The number of fused-ring (bicyclic) bond motifs is 3. The van der Waals surface area contributed by atoms with Gasteiger partial charge in [-0.05, 0) is 25.3 Å². The zero-order valence-corrected chi connectivity index (χ0v) is 13.5. The van der Waals surface area contributed by atoms with Crippen molar-refractivity contribution in [2.24, 2.45) is 0 Å². The minimum absolute atomic E-state index is 0.158. The van der Waals surface area contributed by atoms with Crippen molar-refractivity contribution in [2.75, 3.05) is 18.0 Å². The van der Waals surface area contributed by atoms with Crippen LogP contribution in [-0.4, -0.2) is 13.1 Å². The summed E-state index contributed by atoms with van der Waals surface area (Å²) in [6.45, 7) is 1.80. The van der Waals surface area contributed by atoms with Gasteiger partial charge in [-0.3, -0.25) is 0 Å². The van der Waals surface area contributed by atoms with Crippen molar-refractivity contribution in [3.8, 4) is 17.4 Å². The maximum atomic E-state index is 12.4. The highest BCUT2D eigenvalue weighted by molar-refractivity contribution is 7.98. The molecule has 0 spiro atoms. The molecule has 0 unspecified atom stereocenters. The number of anilines is 1. The van der Waals surface area contributed by atoms with Crippen LogP contribution in [0.4, 0.5) is 5.69 Å². The fraction of sp³-hybridized carbons (Fsp3) is 0.333. The number of hydrogen-bond donors (Lipinski definition) is 0. The molecule has 0 saturated carbocycles. The van der Waals surface area contributed by atoms with Gasteiger partial charge < -0.3 is 9.32 Å². The van der Waals surface area contributed by atoms with Crippen LogP contribution in [0.3, 0.4) is 0 Å². The van der Waals surface area contributed by atoms with E-state index in [0.717, 1.165) is 53.4 Å². The zero-order chi connectivity index (χ0) is 15.8. The molecule has 4 rings (SSSR count). The van der Waals surface area contributed by atoms with E-state index in [1.807, 2.05) is 24.3 Å². The van der Waals surface area contributed by atoms with Crippen molar-refractivity contribution in [2.45, 2.75) is 29.9 Å². The van der Waals surface area contributed by atoms with Crippen LogP contribution in [0.2, 0.25) is 0 Å². The van der Waals surface area contributed by atoms with Crippen molar-refractivity contribution in [3.05, 3.63) is 45.8 Å². The summed E-state index contributed by atoms with van der Waals surface area (Å²) in [4.78, 5) is 15.7. The second kappa shape index (κ2) is 5.78. The Balaban J connectivity index is 1.97. The molecular weight excluding hydrogens is 308 g/mol. The predicted molar refractivity (Wildman–Crippen MR) is 90.8 cm³/mol. The molecule has 3 heterocycles. The molecule has 2 aromatic rings. The van der Waals surface area contributed by atoms with Crippen LogP contribution in [0.25, 0.3) is 11.3 Å². The number of nitrogens with zero attached hydrogens (tertiary/aromatic N) is 2. The minimum atomic E-state index is -0.520. The van der Waals surface area contributed by atoms with Crippen LogP contribution in [0.5, 0.6) is 0 Å². The van der Waals surface area contributed by atoms with Gasteiger partial charge in [0.15, 0.2) is 5.56 Å². The van der Waals surface area contributed by atoms with Gasteiger partial charge in [0.1, 0.15) is 11.8 Å². The fourth-order valence-corrected chi connectivity index (χ4v) is 4.47. The van der Waals surface area contributed by atoms with Crippen molar-refractivity contribution in [1.29, 1.82) is 5.26 Å². The van der Waals surface area contributed by atoms with Crippen LogP contribution in [-0.2, 0) is 5.75 Å². The summed E-state index contributed by atoms with van der Waals surface area (Å²) in [6, 6.07) is 10.0. The van der Waals surface area contributed by atoms with Gasteiger partial charge in [-0.2, -0.15) is 5.26 Å². The normalized spacial score (nSPS) is 16.4. The molecule has 4 nitrogen and oxygen atoms in total. The van der Waals surface area contributed by atoms with Crippen LogP contribution in [0.15, 0.2) is 38.4 Å². The van der Waals surface area contributed by atoms with E-state index < -0.39 is 5.63 Å². The van der Waals surface area contributed by atoms with Crippen LogP contribution in [0.1, 0.15) is 30.4 Å². The number of hydrogen-bond acceptors (Lipinski definition) is 5. The minimum Gasteiger partial charge on any atom is -0.421 e. The highest BCUT2D eigenvalue weighted by Gasteiger charge is 2.29. The van der Waals surface area contributed by atoms with E-state index in [9.17, 15) is 10.1 Å². The van der Waals surface area contributed by atoms with E-state index in [0.29, 0.717) is 5.76 Å². The van der Waals surface area contributed by atoms with Gasteiger partial charge in [0.2, 0.25) is 0 Å². The summed E-state index contributed by atoms with van der Waals surface area (Å²) in [6.07, 6.45) is 3.41. The highest BCUT2D eigenvalue weighted by Crippen LogP contribution is 2.45. The number of rotatable bonds is 1. The predicted octanol–water partition coefficient (Wildman–Crippen LogP) is 3.77. The van der Waals surface area contributed by atoms with Crippen molar-refractivity contribution >= 4 is 17.4 Å². The smallest absolute Gasteiger partial charge is 0.356 e. The lowest BCUT2D eigenvalue weighted by Crippen LogP contribution is -2.32. The van der Waals surface area contributed by atoms with Gasteiger partial charge in [-0.15, -0.1) is 11.8 Å². The van der Waals surface area contributed by atoms with E-state index in [2.05, 4.69) is 11.0 Å². The lowest BCUT2D eigenvalue weighted by Gasteiger charge is -2.32. The first kappa shape index (κ1) is 14.4. The molecule has 0 N–H and O–H groups in total. The van der Waals surface area contributed by atoms with Crippen LogP contribution in [0, 0.1) is 11.3 Å². The lowest BCUT2D eigenvalue weighted by atomic mass is 10.0. The van der Waals surface area contributed by atoms with Gasteiger partial charge in [-0.1, -0.05) is 18.2 Å². The molecule has 0 radical (unpaired) electrons. The number of benzene rings is 1. The first-order valence-corrected chi connectivity index (χ1v) is 8.85. The standard InChI is InChI=1S/C18H16N2O2S/c19-10-13-16(20-8-4-1-5-9-20)14-11-23-15-7-3-2-6-12(15)17(14)22-18(13)21/h2-3,6-7H,1,4-5,8-9,11H2. The third-order valence-corrected chi connectivity index (χ3v) is 5.58. The average Bonchev–Trinajstić information content (AvgIpc) is 2.61. The molecular formula is C18H16N2O2S. The lowest BCUT2D eigenvalue weighted by molar-refractivity contribution is 0.512. The molecule has 5 heteroatoms. The maximum Gasteiger partial charge on any atom is 0.356 e. The van der Waals surface area contributed by atoms with Gasteiger partial charge in [-0.25, -0.2) is 4.79 Å². The molecule has 0 atom stereocenters. The zero-order valence-electron chi connectivity index (χ0n) is 12.7. The summed E-state index contributed by atoms with van der Waals surface area (Å²) in [5.41, 5.74) is 2.39. The Morgan fingerprint density at radius 1 is 1.17 bits per heavy atom. The third kappa shape index (κ3) is 2.34. The summed E-state index contributed by atoms with van der Waals surface area (Å²) >= 11 is 1.74. The van der Waals surface area contributed by atoms with E-state index in [-0.39, 0.29) is 5.56 Å². The van der Waals surface area contributed by atoms with E-state index >= 15 is 0 Å². The molecule has 2 aliphatic heterocycles. The van der Waals surface area contributed by atoms with Gasteiger partial charge in [0.05, 0.1) is 5.69 Å². The number of piperidine rings is 1. The Morgan fingerprint density at radius 3 is 2.74 bits per heavy atom. The Labute approximate surface area is 138 Å². The first-order chi connectivity index (χ1) is 11.3. The molecule has 1 aromatic heterocycles. The molecule has 23 heavy (non-hydrogen) atoms. The molecule has 0 bridgehead atoms. The Morgan fingerprint density at radius 2 is 1.96 bits per heavy atom. The Bertz CT molecular complexity index is 860. The second-order valence-corrected chi connectivity index (χ2v) is 6.88. The Kier molecular flexibility index (Phi) is 3.62. The number of thioether (sulfide) groups is 1. The second-order valence-electron chi connectivity index (χ2n) is 5.87. The molecule has 0 aliphatic carbocycles. The highest BCUT2D eigenvalue weighted by atomic mass is 32.2. The molecule has 1 aromatic carbocycles. The number of nitriles is 1.